The third-order valence-electron chi connectivity index (χ3n) is 2.79. The van der Waals surface area contributed by atoms with Crippen molar-refractivity contribution in [2.45, 2.75) is 53.4 Å². The van der Waals surface area contributed by atoms with Gasteiger partial charge in [-0.2, -0.15) is 0 Å². The molecule has 12 heavy (non-hydrogen) atoms. The lowest BCUT2D eigenvalue weighted by Gasteiger charge is -2.28. The normalized spacial score (nSPS) is 16.0. The fourth-order valence-electron chi connectivity index (χ4n) is 1.42. The lowest BCUT2D eigenvalue weighted by atomic mass is 9.82. The van der Waals surface area contributed by atoms with Crippen LogP contribution in [0.1, 0.15) is 53.4 Å². The molecule has 0 saturated carbocycles. The van der Waals surface area contributed by atoms with E-state index in [1.54, 1.807) is 0 Å². The smallest absolute Gasteiger partial charge is 0.000494 e. The van der Waals surface area contributed by atoms with E-state index >= 15 is 0 Å². The van der Waals surface area contributed by atoms with Crippen molar-refractivity contribution in [3.63, 3.8) is 0 Å². The molecule has 74 valence electrons. The molecule has 0 aliphatic heterocycles. The van der Waals surface area contributed by atoms with Crippen molar-refractivity contribution < 1.29 is 0 Å². The van der Waals surface area contributed by atoms with E-state index in [1.807, 2.05) is 0 Å². The summed E-state index contributed by atoms with van der Waals surface area (Å²) in [6.07, 6.45) is 5.35. The highest BCUT2D eigenvalue weighted by atomic mass is 14.9. The molecular formula is C11H25N. The third kappa shape index (κ3) is 4.76. The monoisotopic (exact) mass is 171 g/mol. The Kier molecular flexibility index (Phi) is 6.45. The molecule has 0 aromatic carbocycles. The summed E-state index contributed by atoms with van der Waals surface area (Å²) < 4.78 is 0. The van der Waals surface area contributed by atoms with Crippen LogP contribution in [-0.2, 0) is 0 Å². The molecule has 1 atom stereocenters. The summed E-state index contributed by atoms with van der Waals surface area (Å²) in [4.78, 5) is 0. The van der Waals surface area contributed by atoms with Gasteiger partial charge in [0.15, 0.2) is 0 Å². The standard InChI is InChI=1S/C11H25N/c1-5-8-9-11(4,6-2)10-12-7-3/h12H,5-10H2,1-4H3. The minimum atomic E-state index is 0.534. The molecule has 0 heterocycles. The van der Waals surface area contributed by atoms with E-state index < -0.39 is 0 Å². The van der Waals surface area contributed by atoms with Crippen molar-refractivity contribution in [3.8, 4) is 0 Å². The van der Waals surface area contributed by atoms with Gasteiger partial charge in [0.2, 0.25) is 0 Å². The van der Waals surface area contributed by atoms with Crippen LogP contribution < -0.4 is 5.32 Å². The van der Waals surface area contributed by atoms with E-state index in [1.165, 1.54) is 32.2 Å². The second-order valence-electron chi connectivity index (χ2n) is 4.05. The summed E-state index contributed by atoms with van der Waals surface area (Å²) in [5, 5.41) is 3.45. The highest BCUT2D eigenvalue weighted by Crippen LogP contribution is 2.26. The largest absolute Gasteiger partial charge is 0.316 e. The van der Waals surface area contributed by atoms with Gasteiger partial charge in [-0.3, -0.25) is 0 Å². The molecular weight excluding hydrogens is 146 g/mol. The fourth-order valence-corrected chi connectivity index (χ4v) is 1.42. The SMILES string of the molecule is CCCCC(C)(CC)CNCC. The summed E-state index contributed by atoms with van der Waals surface area (Å²) in [7, 11) is 0. The summed E-state index contributed by atoms with van der Waals surface area (Å²) in [6, 6.07) is 0. The first-order valence-corrected chi connectivity index (χ1v) is 5.39. The number of hydrogen-bond donors (Lipinski definition) is 1. The first kappa shape index (κ1) is 12.0. The van der Waals surface area contributed by atoms with Gasteiger partial charge in [-0.1, -0.05) is 40.5 Å². The maximum atomic E-state index is 3.45. The van der Waals surface area contributed by atoms with Gasteiger partial charge in [0.25, 0.3) is 0 Å². The zero-order valence-corrected chi connectivity index (χ0v) is 9.24. The van der Waals surface area contributed by atoms with E-state index in [2.05, 4.69) is 33.0 Å². The Bertz CT molecular complexity index is 91.2. The van der Waals surface area contributed by atoms with E-state index in [9.17, 15) is 0 Å². The fraction of sp³-hybridized carbons (Fsp3) is 1.00. The Morgan fingerprint density at radius 1 is 1.17 bits per heavy atom. The van der Waals surface area contributed by atoms with E-state index in [0.717, 1.165) is 6.54 Å². The van der Waals surface area contributed by atoms with Gasteiger partial charge in [0, 0.05) is 6.54 Å². The molecule has 0 aromatic heterocycles. The molecule has 0 aromatic rings. The number of hydrogen-bond acceptors (Lipinski definition) is 1. The molecule has 0 rings (SSSR count). The van der Waals surface area contributed by atoms with Crippen LogP contribution in [0.15, 0.2) is 0 Å². The van der Waals surface area contributed by atoms with Crippen molar-refractivity contribution in [3.05, 3.63) is 0 Å². The van der Waals surface area contributed by atoms with Crippen molar-refractivity contribution >= 4 is 0 Å². The van der Waals surface area contributed by atoms with E-state index in [0.29, 0.717) is 5.41 Å². The lowest BCUT2D eigenvalue weighted by Crippen LogP contribution is -2.31. The van der Waals surface area contributed by atoms with Crippen LogP contribution >= 0.6 is 0 Å². The Morgan fingerprint density at radius 2 is 1.83 bits per heavy atom. The van der Waals surface area contributed by atoms with Crippen LogP contribution in [0.3, 0.4) is 0 Å². The maximum absolute atomic E-state index is 3.45. The van der Waals surface area contributed by atoms with Crippen molar-refractivity contribution in [2.24, 2.45) is 5.41 Å². The molecule has 1 unspecified atom stereocenters. The summed E-state index contributed by atoms with van der Waals surface area (Å²) >= 11 is 0. The Labute approximate surface area is 77.9 Å². The summed E-state index contributed by atoms with van der Waals surface area (Å²) in [6.45, 7) is 11.4. The molecule has 0 amide bonds. The lowest BCUT2D eigenvalue weighted by molar-refractivity contribution is 0.264. The minimum absolute atomic E-state index is 0.534. The second kappa shape index (κ2) is 6.47. The molecule has 0 aliphatic rings. The average Bonchev–Trinajstić information content (AvgIpc) is 2.11. The number of rotatable bonds is 7. The van der Waals surface area contributed by atoms with Crippen LogP contribution in [-0.4, -0.2) is 13.1 Å². The average molecular weight is 171 g/mol. The number of unbranched alkanes of at least 4 members (excludes halogenated alkanes) is 1. The minimum Gasteiger partial charge on any atom is -0.316 e. The predicted octanol–water partition coefficient (Wildman–Crippen LogP) is 3.20. The Hall–Kier alpha value is -0.0400. The quantitative estimate of drug-likeness (QED) is 0.620. The van der Waals surface area contributed by atoms with E-state index in [-0.39, 0.29) is 0 Å². The first-order valence-electron chi connectivity index (χ1n) is 5.39. The molecule has 0 radical (unpaired) electrons. The molecule has 0 fully saturated rings. The Morgan fingerprint density at radius 3 is 2.25 bits per heavy atom. The van der Waals surface area contributed by atoms with Crippen LogP contribution in [0.2, 0.25) is 0 Å². The zero-order chi connectivity index (χ0) is 9.45. The van der Waals surface area contributed by atoms with Gasteiger partial charge < -0.3 is 5.32 Å². The zero-order valence-electron chi connectivity index (χ0n) is 9.24. The van der Waals surface area contributed by atoms with Gasteiger partial charge in [-0.05, 0) is 24.8 Å². The summed E-state index contributed by atoms with van der Waals surface area (Å²) in [5.41, 5.74) is 0.534. The van der Waals surface area contributed by atoms with Gasteiger partial charge in [0.05, 0.1) is 0 Å². The molecule has 0 bridgehead atoms. The molecule has 1 nitrogen and oxygen atoms in total. The topological polar surface area (TPSA) is 12.0 Å². The molecule has 0 saturated heterocycles. The van der Waals surface area contributed by atoms with Gasteiger partial charge >= 0.3 is 0 Å². The Balaban J connectivity index is 3.70. The van der Waals surface area contributed by atoms with E-state index in [4.69, 9.17) is 0 Å². The van der Waals surface area contributed by atoms with Gasteiger partial charge in [-0.15, -0.1) is 0 Å². The highest BCUT2D eigenvalue weighted by molar-refractivity contribution is 4.74. The predicted molar refractivity (Wildman–Crippen MR) is 56.5 cm³/mol. The third-order valence-corrected chi connectivity index (χ3v) is 2.79. The second-order valence-corrected chi connectivity index (χ2v) is 4.05. The van der Waals surface area contributed by atoms with Crippen LogP contribution in [0.5, 0.6) is 0 Å². The molecule has 1 heteroatoms. The highest BCUT2D eigenvalue weighted by Gasteiger charge is 2.19. The molecule has 1 N–H and O–H groups in total. The van der Waals surface area contributed by atoms with Crippen LogP contribution in [0, 0.1) is 5.41 Å². The maximum Gasteiger partial charge on any atom is 0.000494 e. The summed E-state index contributed by atoms with van der Waals surface area (Å²) in [5.74, 6) is 0. The first-order chi connectivity index (χ1) is 5.68. The van der Waals surface area contributed by atoms with Gasteiger partial charge in [0.1, 0.15) is 0 Å². The van der Waals surface area contributed by atoms with Crippen molar-refractivity contribution in [2.75, 3.05) is 13.1 Å². The van der Waals surface area contributed by atoms with Gasteiger partial charge in [-0.25, -0.2) is 0 Å². The molecule has 0 aliphatic carbocycles. The van der Waals surface area contributed by atoms with Crippen LogP contribution in [0.25, 0.3) is 0 Å². The number of nitrogens with one attached hydrogen (secondary N) is 1. The van der Waals surface area contributed by atoms with Crippen LogP contribution in [0.4, 0.5) is 0 Å². The van der Waals surface area contributed by atoms with Crippen molar-refractivity contribution in [1.29, 1.82) is 0 Å². The van der Waals surface area contributed by atoms with Crippen molar-refractivity contribution in [1.82, 2.24) is 5.32 Å². The molecule has 0 spiro atoms.